The summed E-state index contributed by atoms with van der Waals surface area (Å²) < 4.78 is 5.49. The molecule has 1 fully saturated rings. The fourth-order valence-electron chi connectivity index (χ4n) is 3.27. The minimum atomic E-state index is -0.602. The summed E-state index contributed by atoms with van der Waals surface area (Å²) in [5.41, 5.74) is 0.820. The number of carbonyl (C=O) groups excluding carboxylic acids is 2. The smallest absolute Gasteiger partial charge is 0.309 e. The minimum Gasteiger partial charge on any atom is -0.381 e. The Morgan fingerprint density at radius 2 is 1.85 bits per heavy atom. The molecular weight excluding hydrogens is 348 g/mol. The van der Waals surface area contributed by atoms with Crippen LogP contribution in [0.5, 0.6) is 0 Å². The number of carbonyl (C=O) groups is 2. The third kappa shape index (κ3) is 4.31. The van der Waals surface area contributed by atoms with Gasteiger partial charge in [0, 0.05) is 30.1 Å². The molecule has 1 saturated heterocycles. The molecule has 0 radical (unpaired) electrons. The first kappa shape index (κ1) is 18.6. The van der Waals surface area contributed by atoms with Crippen molar-refractivity contribution in [3.8, 4) is 0 Å². The Kier molecular flexibility index (Phi) is 6.06. The molecule has 0 saturated carbocycles. The SMILES string of the molecule is CC(NC(=O)C(=O)NCC1(c2cccs2)CCOCC1)c1ccccc1. The zero-order chi connectivity index (χ0) is 18.4. The third-order valence-corrected chi connectivity index (χ3v) is 6.05. The molecule has 2 amide bonds. The van der Waals surface area contributed by atoms with E-state index in [1.165, 1.54) is 4.88 Å². The summed E-state index contributed by atoms with van der Waals surface area (Å²) in [7, 11) is 0. The van der Waals surface area contributed by atoms with Crippen molar-refractivity contribution in [3.05, 3.63) is 58.3 Å². The van der Waals surface area contributed by atoms with E-state index in [9.17, 15) is 9.59 Å². The fraction of sp³-hybridized carbons (Fsp3) is 0.400. The van der Waals surface area contributed by atoms with E-state index in [0.717, 1.165) is 18.4 Å². The number of hydrogen-bond acceptors (Lipinski definition) is 4. The van der Waals surface area contributed by atoms with Gasteiger partial charge in [-0.2, -0.15) is 0 Å². The van der Waals surface area contributed by atoms with Gasteiger partial charge >= 0.3 is 11.8 Å². The highest BCUT2D eigenvalue weighted by molar-refractivity contribution is 7.10. The van der Waals surface area contributed by atoms with Crippen LogP contribution in [0.1, 0.15) is 36.2 Å². The molecule has 2 aromatic rings. The Bertz CT molecular complexity index is 725. The molecule has 0 bridgehead atoms. The second-order valence-electron chi connectivity index (χ2n) is 6.66. The van der Waals surface area contributed by atoms with Crippen molar-refractivity contribution < 1.29 is 14.3 Å². The molecule has 26 heavy (non-hydrogen) atoms. The van der Waals surface area contributed by atoms with Crippen LogP contribution < -0.4 is 10.6 Å². The largest absolute Gasteiger partial charge is 0.381 e. The minimum absolute atomic E-state index is 0.145. The van der Waals surface area contributed by atoms with Crippen LogP contribution in [0.25, 0.3) is 0 Å². The van der Waals surface area contributed by atoms with E-state index >= 15 is 0 Å². The summed E-state index contributed by atoms with van der Waals surface area (Å²) >= 11 is 1.69. The van der Waals surface area contributed by atoms with Gasteiger partial charge in [-0.3, -0.25) is 9.59 Å². The van der Waals surface area contributed by atoms with Gasteiger partial charge in [-0.1, -0.05) is 36.4 Å². The zero-order valence-corrected chi connectivity index (χ0v) is 15.7. The maximum atomic E-state index is 12.3. The highest BCUT2D eigenvalue weighted by Crippen LogP contribution is 2.36. The molecule has 0 aliphatic carbocycles. The van der Waals surface area contributed by atoms with Crippen LogP contribution in [-0.4, -0.2) is 31.6 Å². The maximum Gasteiger partial charge on any atom is 0.309 e. The summed E-state index contributed by atoms with van der Waals surface area (Å²) in [4.78, 5) is 25.8. The van der Waals surface area contributed by atoms with E-state index in [0.29, 0.717) is 19.8 Å². The predicted molar refractivity (Wildman–Crippen MR) is 102 cm³/mol. The molecular formula is C20H24N2O3S. The van der Waals surface area contributed by atoms with Crippen LogP contribution in [0.3, 0.4) is 0 Å². The molecule has 3 rings (SSSR count). The van der Waals surface area contributed by atoms with Crippen LogP contribution in [0.4, 0.5) is 0 Å². The van der Waals surface area contributed by atoms with E-state index < -0.39 is 11.8 Å². The summed E-state index contributed by atoms with van der Waals surface area (Å²) in [6.07, 6.45) is 1.69. The number of thiophene rings is 1. The molecule has 138 valence electrons. The van der Waals surface area contributed by atoms with E-state index in [2.05, 4.69) is 16.7 Å². The Morgan fingerprint density at radius 1 is 1.12 bits per heavy atom. The average molecular weight is 372 g/mol. The van der Waals surface area contributed by atoms with Crippen LogP contribution >= 0.6 is 11.3 Å². The number of hydrogen-bond donors (Lipinski definition) is 2. The van der Waals surface area contributed by atoms with Crippen molar-refractivity contribution in [1.82, 2.24) is 10.6 Å². The Morgan fingerprint density at radius 3 is 2.50 bits per heavy atom. The van der Waals surface area contributed by atoms with E-state index in [4.69, 9.17) is 4.74 Å². The van der Waals surface area contributed by atoms with Crippen molar-refractivity contribution in [2.45, 2.75) is 31.2 Å². The van der Waals surface area contributed by atoms with E-state index in [-0.39, 0.29) is 11.5 Å². The highest BCUT2D eigenvalue weighted by Gasteiger charge is 2.36. The number of ether oxygens (including phenoxy) is 1. The van der Waals surface area contributed by atoms with Gasteiger partial charge in [0.1, 0.15) is 0 Å². The summed E-state index contributed by atoms with van der Waals surface area (Å²) in [5, 5.41) is 7.64. The van der Waals surface area contributed by atoms with Crippen molar-refractivity contribution in [2.24, 2.45) is 0 Å². The Labute approximate surface area is 157 Å². The van der Waals surface area contributed by atoms with Crippen molar-refractivity contribution >= 4 is 23.2 Å². The summed E-state index contributed by atoms with van der Waals surface area (Å²) in [6, 6.07) is 13.5. The lowest BCUT2D eigenvalue weighted by Crippen LogP contribution is -2.48. The molecule has 1 aromatic heterocycles. The van der Waals surface area contributed by atoms with Gasteiger partial charge in [0.25, 0.3) is 0 Å². The van der Waals surface area contributed by atoms with Gasteiger partial charge in [-0.25, -0.2) is 0 Å². The van der Waals surface area contributed by atoms with E-state index in [1.54, 1.807) is 11.3 Å². The van der Waals surface area contributed by atoms with Crippen molar-refractivity contribution in [3.63, 3.8) is 0 Å². The third-order valence-electron chi connectivity index (χ3n) is 4.93. The van der Waals surface area contributed by atoms with Gasteiger partial charge in [0.15, 0.2) is 0 Å². The van der Waals surface area contributed by atoms with Crippen LogP contribution in [0, 0.1) is 0 Å². The van der Waals surface area contributed by atoms with Gasteiger partial charge in [0.05, 0.1) is 6.04 Å². The molecule has 1 aromatic carbocycles. The second kappa shape index (κ2) is 8.47. The normalized spacial score (nSPS) is 17.3. The van der Waals surface area contributed by atoms with Crippen molar-refractivity contribution in [2.75, 3.05) is 19.8 Å². The number of amides is 2. The van der Waals surface area contributed by atoms with Crippen LogP contribution in [0.2, 0.25) is 0 Å². The summed E-state index contributed by atoms with van der Waals surface area (Å²) in [6.45, 7) is 3.66. The lowest BCUT2D eigenvalue weighted by Gasteiger charge is -2.36. The molecule has 0 spiro atoms. The summed E-state index contributed by atoms with van der Waals surface area (Å²) in [5.74, 6) is -1.19. The average Bonchev–Trinajstić information content (AvgIpc) is 3.23. The molecule has 1 aliphatic heterocycles. The van der Waals surface area contributed by atoms with Crippen LogP contribution in [0.15, 0.2) is 47.8 Å². The molecule has 5 nitrogen and oxygen atoms in total. The maximum absolute atomic E-state index is 12.3. The lowest BCUT2D eigenvalue weighted by molar-refractivity contribution is -0.139. The fourth-order valence-corrected chi connectivity index (χ4v) is 4.26. The van der Waals surface area contributed by atoms with Gasteiger partial charge < -0.3 is 15.4 Å². The number of rotatable bonds is 5. The predicted octanol–water partition coefficient (Wildman–Crippen LogP) is 2.79. The molecule has 2 N–H and O–H groups in total. The standard InChI is InChI=1S/C20H24N2O3S/c1-15(16-6-3-2-4-7-16)22-19(24)18(23)21-14-20(9-11-25-12-10-20)17-8-5-13-26-17/h2-8,13,15H,9-12,14H2,1H3,(H,21,23)(H,22,24). The monoisotopic (exact) mass is 372 g/mol. The molecule has 1 atom stereocenters. The number of benzene rings is 1. The van der Waals surface area contributed by atoms with Gasteiger partial charge in [0.2, 0.25) is 0 Å². The topological polar surface area (TPSA) is 67.4 Å². The number of nitrogens with one attached hydrogen (secondary N) is 2. The second-order valence-corrected chi connectivity index (χ2v) is 7.61. The van der Waals surface area contributed by atoms with E-state index in [1.807, 2.05) is 48.7 Å². The Balaban J connectivity index is 1.59. The highest BCUT2D eigenvalue weighted by atomic mass is 32.1. The van der Waals surface area contributed by atoms with Crippen molar-refractivity contribution in [1.29, 1.82) is 0 Å². The zero-order valence-electron chi connectivity index (χ0n) is 14.9. The quantitative estimate of drug-likeness (QED) is 0.793. The van der Waals surface area contributed by atoms with Crippen LogP contribution in [-0.2, 0) is 19.7 Å². The lowest BCUT2D eigenvalue weighted by atomic mass is 9.78. The first-order chi connectivity index (χ1) is 12.6. The molecule has 1 aliphatic rings. The molecule has 2 heterocycles. The van der Waals surface area contributed by atoms with Gasteiger partial charge in [-0.05, 0) is 36.8 Å². The Hall–Kier alpha value is -2.18. The van der Waals surface area contributed by atoms with Gasteiger partial charge in [-0.15, -0.1) is 11.3 Å². The molecule has 1 unspecified atom stereocenters. The first-order valence-corrected chi connectivity index (χ1v) is 9.74. The first-order valence-electron chi connectivity index (χ1n) is 8.86. The molecule has 6 heteroatoms.